The van der Waals surface area contributed by atoms with Gasteiger partial charge in [-0.2, -0.15) is 4.21 Å². The predicted octanol–water partition coefficient (Wildman–Crippen LogP) is -2.22. The Bertz CT molecular complexity index is 69.7. The largest absolute Gasteiger partial charge is 0.303 e. The fourth-order valence-electron chi connectivity index (χ4n) is 0.226. The molecule has 0 saturated carbocycles. The third-order valence-electron chi connectivity index (χ3n) is 0.428. The molecule has 6 heteroatoms. The minimum atomic E-state index is -1.52. The topological polar surface area (TPSA) is 35.5 Å². The maximum Gasteiger partial charge on any atom is 0.303 e. The van der Waals surface area contributed by atoms with Crippen LogP contribution in [0.25, 0.3) is 0 Å². The lowest BCUT2D eigenvalue weighted by molar-refractivity contribution is 0.310. The zero-order valence-corrected chi connectivity index (χ0v) is 5.86. The van der Waals surface area contributed by atoms with Crippen LogP contribution in [-0.2, 0) is 19.7 Å². The highest BCUT2D eigenvalue weighted by Crippen LogP contribution is 1.83. The van der Waals surface area contributed by atoms with E-state index in [1.54, 1.807) is 15.7 Å². The Morgan fingerprint density at radius 2 is 1.62 bits per heavy atom. The summed E-state index contributed by atoms with van der Waals surface area (Å²) < 4.78 is 19.4. The van der Waals surface area contributed by atoms with Crippen LogP contribution < -0.4 is 0 Å². The highest BCUT2D eigenvalue weighted by molar-refractivity contribution is 7.75. The van der Waals surface area contributed by atoms with E-state index in [1.165, 1.54) is 0 Å². The van der Waals surface area contributed by atoms with Gasteiger partial charge in [0.2, 0.25) is 0 Å². The van der Waals surface area contributed by atoms with E-state index in [9.17, 15) is 4.21 Å². The Morgan fingerprint density at radius 3 is 1.88 bits per heavy atom. The fraction of sp³-hybridized carbons (Fsp3) is 1.00. The van der Waals surface area contributed by atoms with Gasteiger partial charge in [-0.25, -0.2) is 0 Å². The van der Waals surface area contributed by atoms with Gasteiger partial charge >= 0.3 is 11.4 Å². The first-order valence-electron chi connectivity index (χ1n) is 2.49. The molecule has 0 aromatic rings. The minimum Gasteiger partial charge on any atom is -0.278 e. The molecule has 0 spiro atoms. The van der Waals surface area contributed by atoms with Crippen molar-refractivity contribution in [1.29, 1.82) is 0 Å². The molecule has 0 saturated heterocycles. The molecular weight excluding hydrogens is 126 g/mol. The van der Waals surface area contributed by atoms with Gasteiger partial charge in [-0.3, -0.25) is 8.37 Å². The van der Waals surface area contributed by atoms with E-state index in [2.05, 4.69) is 8.37 Å². The summed E-state index contributed by atoms with van der Waals surface area (Å²) in [5, 5.41) is 0. The van der Waals surface area contributed by atoms with E-state index in [4.69, 9.17) is 0 Å². The summed E-state index contributed by atoms with van der Waals surface area (Å²) in [5.74, 6) is 0. The summed E-state index contributed by atoms with van der Waals surface area (Å²) >= 11 is -1.52. The second-order valence-electron chi connectivity index (χ2n) is 1.02. The molecule has 0 unspecified atom stereocenters. The van der Waals surface area contributed by atoms with Gasteiger partial charge in [0.1, 0.15) is 15.7 Å². The Kier molecular flexibility index (Phi) is 5.47. The highest BCUT2D eigenvalue weighted by Gasteiger charge is 1.93. The van der Waals surface area contributed by atoms with Gasteiger partial charge < -0.3 is 0 Å². The van der Waals surface area contributed by atoms with E-state index >= 15 is 0 Å². The van der Waals surface area contributed by atoms with Gasteiger partial charge in [0.25, 0.3) is 0 Å². The Labute approximate surface area is 53.4 Å². The van der Waals surface area contributed by atoms with Gasteiger partial charge in [0.05, 0.1) is 0 Å². The van der Waals surface area contributed by atoms with Crippen molar-refractivity contribution in [2.75, 3.05) is 13.0 Å². The van der Waals surface area contributed by atoms with Crippen molar-refractivity contribution in [3.63, 3.8) is 0 Å². The van der Waals surface area contributed by atoms with Crippen molar-refractivity contribution in [3.05, 3.63) is 0 Å². The summed E-state index contributed by atoms with van der Waals surface area (Å²) in [4.78, 5) is 0. The highest BCUT2D eigenvalue weighted by atomic mass is 32.2. The summed E-state index contributed by atoms with van der Waals surface area (Å²) in [6.45, 7) is 0.846. The Hall–Kier alpha value is 0.200. The second kappa shape index (κ2) is 5.34. The molecule has 0 bridgehead atoms. The molecular formula is C2H8B2O3S. The smallest absolute Gasteiger partial charge is 0.278 e. The van der Waals surface area contributed by atoms with Crippen molar-refractivity contribution < 1.29 is 12.6 Å². The fourth-order valence-corrected chi connectivity index (χ4v) is 0.679. The Balaban J connectivity index is 3.06. The number of hydrogen-bond donors (Lipinski definition) is 0. The van der Waals surface area contributed by atoms with E-state index < -0.39 is 11.4 Å². The van der Waals surface area contributed by atoms with E-state index in [0.717, 1.165) is 0 Å². The molecule has 0 heterocycles. The molecule has 0 aromatic heterocycles. The van der Waals surface area contributed by atoms with Gasteiger partial charge in [0, 0.05) is 13.0 Å². The number of rotatable bonds is 4. The molecule has 0 amide bonds. The number of hydrogen-bond acceptors (Lipinski definition) is 3. The molecule has 0 atom stereocenters. The average molecular weight is 134 g/mol. The van der Waals surface area contributed by atoms with Crippen LogP contribution in [-0.4, -0.2) is 32.9 Å². The lowest BCUT2D eigenvalue weighted by Crippen LogP contribution is -2.03. The molecule has 3 nitrogen and oxygen atoms in total. The molecule has 0 fully saturated rings. The van der Waals surface area contributed by atoms with Gasteiger partial charge in [-0.1, -0.05) is 0 Å². The predicted molar refractivity (Wildman–Crippen MR) is 37.1 cm³/mol. The summed E-state index contributed by atoms with van der Waals surface area (Å²) in [6.07, 6.45) is 0. The lowest BCUT2D eigenvalue weighted by Gasteiger charge is -1.95. The molecule has 0 rings (SSSR count). The van der Waals surface area contributed by atoms with Crippen molar-refractivity contribution in [2.45, 2.75) is 0 Å². The zero-order chi connectivity index (χ0) is 6.41. The molecule has 0 aromatic carbocycles. The lowest BCUT2D eigenvalue weighted by atomic mass is 10.2. The van der Waals surface area contributed by atoms with Crippen molar-refractivity contribution in [1.82, 2.24) is 0 Å². The normalized spacial score (nSPS) is 10.1. The third-order valence-corrected chi connectivity index (χ3v) is 1.28. The molecule has 0 N–H and O–H groups in total. The van der Waals surface area contributed by atoms with Crippen molar-refractivity contribution in [3.8, 4) is 0 Å². The standard InChI is InChI=1S/C2H8B2O3S/c3-1-6-8(5)7-2-4/h1-4H2. The average Bonchev–Trinajstić information content (AvgIpc) is 1.68. The second-order valence-corrected chi connectivity index (χ2v) is 1.90. The van der Waals surface area contributed by atoms with Crippen LogP contribution in [0, 0.1) is 0 Å². The van der Waals surface area contributed by atoms with Crippen LogP contribution >= 0.6 is 0 Å². The van der Waals surface area contributed by atoms with E-state index in [1.807, 2.05) is 0 Å². The van der Waals surface area contributed by atoms with Gasteiger partial charge in [-0.05, 0) is 0 Å². The Morgan fingerprint density at radius 1 is 1.25 bits per heavy atom. The minimum absolute atomic E-state index is 0.423. The molecule has 0 aliphatic rings. The van der Waals surface area contributed by atoms with Gasteiger partial charge in [-0.15, -0.1) is 0 Å². The van der Waals surface area contributed by atoms with E-state index in [0.29, 0.717) is 13.0 Å². The summed E-state index contributed by atoms with van der Waals surface area (Å²) in [6, 6.07) is 0. The van der Waals surface area contributed by atoms with Crippen LogP contribution in [0.1, 0.15) is 0 Å². The van der Waals surface area contributed by atoms with Crippen molar-refractivity contribution in [2.24, 2.45) is 0 Å². The quantitative estimate of drug-likeness (QED) is 0.408. The first-order chi connectivity index (χ1) is 3.81. The molecule has 0 radical (unpaired) electrons. The molecule has 8 heavy (non-hydrogen) atoms. The van der Waals surface area contributed by atoms with Crippen LogP contribution in [0.2, 0.25) is 0 Å². The van der Waals surface area contributed by atoms with E-state index in [-0.39, 0.29) is 0 Å². The van der Waals surface area contributed by atoms with Gasteiger partial charge in [0.15, 0.2) is 0 Å². The molecule has 0 aliphatic carbocycles. The summed E-state index contributed by atoms with van der Waals surface area (Å²) in [5.41, 5.74) is 0. The SMILES string of the molecule is BCOS(=O)OCB. The van der Waals surface area contributed by atoms with Crippen LogP contribution in [0.3, 0.4) is 0 Å². The first-order valence-corrected chi connectivity index (χ1v) is 3.49. The zero-order valence-electron chi connectivity index (χ0n) is 5.05. The molecule has 46 valence electrons. The van der Waals surface area contributed by atoms with Crippen molar-refractivity contribution >= 4 is 27.1 Å². The third kappa shape index (κ3) is 4.36. The maximum absolute atomic E-state index is 10.3. The monoisotopic (exact) mass is 134 g/mol. The van der Waals surface area contributed by atoms with Crippen LogP contribution in [0.15, 0.2) is 0 Å². The van der Waals surface area contributed by atoms with Crippen LogP contribution in [0.4, 0.5) is 0 Å². The first kappa shape index (κ1) is 8.20. The molecule has 0 aliphatic heterocycles. The summed E-state index contributed by atoms with van der Waals surface area (Å²) in [7, 11) is 3.52. The maximum atomic E-state index is 10.3. The van der Waals surface area contributed by atoms with Crippen LogP contribution in [0.5, 0.6) is 0 Å².